The molecule has 0 aliphatic rings. The number of hydrogen-bond acceptors (Lipinski definition) is 1. The van der Waals surface area contributed by atoms with Crippen LogP contribution in [0.25, 0.3) is 0 Å². The number of aliphatic hydroxyl groups is 1. The Hall–Kier alpha value is -1.45. The zero-order valence-electron chi connectivity index (χ0n) is 11.3. The minimum Gasteiger partial charge on any atom is -0.385 e. The molecular formula is C16H15ClF2O. The Morgan fingerprint density at radius 3 is 2.45 bits per heavy atom. The van der Waals surface area contributed by atoms with E-state index < -0.39 is 11.4 Å². The van der Waals surface area contributed by atoms with E-state index in [2.05, 4.69) is 0 Å². The molecule has 4 heteroatoms. The molecule has 0 saturated heterocycles. The summed E-state index contributed by atoms with van der Waals surface area (Å²) in [5.41, 5.74) is 0.306. The van der Waals surface area contributed by atoms with Crippen LogP contribution in [0.1, 0.15) is 23.6 Å². The summed E-state index contributed by atoms with van der Waals surface area (Å²) >= 11 is 5.95. The summed E-state index contributed by atoms with van der Waals surface area (Å²) in [6.07, 6.45) is 0.175. The van der Waals surface area contributed by atoms with Crippen molar-refractivity contribution in [3.63, 3.8) is 0 Å². The van der Waals surface area contributed by atoms with Crippen molar-refractivity contribution in [2.75, 3.05) is 0 Å². The maximum absolute atomic E-state index is 13.6. The van der Waals surface area contributed by atoms with Crippen LogP contribution in [0.5, 0.6) is 0 Å². The fourth-order valence-electron chi connectivity index (χ4n) is 2.07. The van der Waals surface area contributed by atoms with E-state index in [0.29, 0.717) is 16.7 Å². The fourth-order valence-corrected chi connectivity index (χ4v) is 2.30. The van der Waals surface area contributed by atoms with Gasteiger partial charge in [-0.1, -0.05) is 29.8 Å². The average Bonchev–Trinajstić information content (AvgIpc) is 2.36. The van der Waals surface area contributed by atoms with E-state index in [-0.39, 0.29) is 17.3 Å². The van der Waals surface area contributed by atoms with Crippen molar-refractivity contribution in [2.24, 2.45) is 0 Å². The highest BCUT2D eigenvalue weighted by Crippen LogP contribution is 2.29. The van der Waals surface area contributed by atoms with Crippen LogP contribution in [0, 0.1) is 18.6 Å². The van der Waals surface area contributed by atoms with Crippen LogP contribution in [-0.2, 0) is 12.0 Å². The van der Waals surface area contributed by atoms with E-state index in [1.165, 1.54) is 24.3 Å². The molecule has 0 aliphatic heterocycles. The first-order valence-electron chi connectivity index (χ1n) is 6.22. The molecule has 0 heterocycles. The average molecular weight is 297 g/mol. The second-order valence-electron chi connectivity index (χ2n) is 5.15. The van der Waals surface area contributed by atoms with Gasteiger partial charge in [0, 0.05) is 11.4 Å². The second-order valence-corrected chi connectivity index (χ2v) is 5.56. The third-order valence-corrected chi connectivity index (χ3v) is 3.70. The molecule has 106 valence electrons. The van der Waals surface area contributed by atoms with E-state index in [1.54, 1.807) is 26.0 Å². The lowest BCUT2D eigenvalue weighted by Crippen LogP contribution is -2.24. The molecule has 1 unspecified atom stereocenters. The van der Waals surface area contributed by atoms with E-state index >= 15 is 0 Å². The molecule has 2 aromatic rings. The fraction of sp³-hybridized carbons (Fsp3) is 0.250. The van der Waals surface area contributed by atoms with Gasteiger partial charge in [-0.05, 0) is 48.7 Å². The third-order valence-electron chi connectivity index (χ3n) is 3.34. The minimum atomic E-state index is -1.28. The Labute approximate surface area is 121 Å². The van der Waals surface area contributed by atoms with E-state index in [1.807, 2.05) is 0 Å². The Balaban J connectivity index is 2.32. The number of benzene rings is 2. The number of aryl methyl sites for hydroxylation is 1. The van der Waals surface area contributed by atoms with Gasteiger partial charge >= 0.3 is 0 Å². The van der Waals surface area contributed by atoms with Crippen LogP contribution >= 0.6 is 11.6 Å². The van der Waals surface area contributed by atoms with Crippen LogP contribution in [-0.4, -0.2) is 5.11 Å². The maximum atomic E-state index is 13.6. The molecule has 2 aromatic carbocycles. The monoisotopic (exact) mass is 296 g/mol. The molecule has 1 nitrogen and oxygen atoms in total. The first-order chi connectivity index (χ1) is 9.29. The zero-order chi connectivity index (χ0) is 14.9. The Morgan fingerprint density at radius 1 is 1.15 bits per heavy atom. The number of halogens is 3. The third kappa shape index (κ3) is 3.17. The van der Waals surface area contributed by atoms with Gasteiger partial charge in [0.25, 0.3) is 0 Å². The molecule has 0 aromatic heterocycles. The van der Waals surface area contributed by atoms with E-state index in [0.717, 1.165) is 0 Å². The van der Waals surface area contributed by atoms with Gasteiger partial charge in [0.1, 0.15) is 11.6 Å². The summed E-state index contributed by atoms with van der Waals surface area (Å²) in [6, 6.07) is 8.61. The zero-order valence-corrected chi connectivity index (χ0v) is 12.0. The van der Waals surface area contributed by atoms with Crippen LogP contribution in [0.2, 0.25) is 5.02 Å². The van der Waals surface area contributed by atoms with Crippen molar-refractivity contribution in [2.45, 2.75) is 25.9 Å². The second kappa shape index (κ2) is 5.51. The molecule has 0 radical (unpaired) electrons. The Bertz CT molecular complexity index is 638. The summed E-state index contributed by atoms with van der Waals surface area (Å²) < 4.78 is 26.6. The molecule has 1 N–H and O–H groups in total. The largest absolute Gasteiger partial charge is 0.385 e. The van der Waals surface area contributed by atoms with Gasteiger partial charge < -0.3 is 5.11 Å². The van der Waals surface area contributed by atoms with Crippen molar-refractivity contribution in [1.82, 2.24) is 0 Å². The van der Waals surface area contributed by atoms with Crippen LogP contribution < -0.4 is 0 Å². The van der Waals surface area contributed by atoms with Crippen molar-refractivity contribution >= 4 is 11.6 Å². The summed E-state index contributed by atoms with van der Waals surface area (Å²) in [6.45, 7) is 3.24. The van der Waals surface area contributed by atoms with Gasteiger partial charge in [0.05, 0.1) is 5.60 Å². The Morgan fingerprint density at radius 2 is 1.85 bits per heavy atom. The lowest BCUT2D eigenvalue weighted by atomic mass is 9.88. The lowest BCUT2D eigenvalue weighted by Gasteiger charge is -2.25. The molecule has 20 heavy (non-hydrogen) atoms. The van der Waals surface area contributed by atoms with Crippen molar-refractivity contribution < 1.29 is 13.9 Å². The highest BCUT2D eigenvalue weighted by atomic mass is 35.5. The standard InChI is InChI=1S/C16H15ClF2O/c1-10-3-5-12(7-15(10)19)16(2,20)9-11-4-6-13(18)8-14(11)17/h3-8,20H,9H2,1-2H3. The van der Waals surface area contributed by atoms with Gasteiger partial charge in [-0.2, -0.15) is 0 Å². The summed E-state index contributed by atoms with van der Waals surface area (Å²) in [5, 5.41) is 10.8. The SMILES string of the molecule is Cc1ccc(C(C)(O)Cc2ccc(F)cc2Cl)cc1F. The molecule has 0 fully saturated rings. The van der Waals surface area contributed by atoms with Crippen molar-refractivity contribution in [3.8, 4) is 0 Å². The predicted octanol–water partition coefficient (Wildman–Crippen LogP) is 4.38. The highest BCUT2D eigenvalue weighted by molar-refractivity contribution is 6.31. The molecule has 0 spiro atoms. The van der Waals surface area contributed by atoms with Crippen LogP contribution in [0.4, 0.5) is 8.78 Å². The van der Waals surface area contributed by atoms with Gasteiger partial charge in [0.2, 0.25) is 0 Å². The van der Waals surface area contributed by atoms with Gasteiger partial charge in [-0.15, -0.1) is 0 Å². The summed E-state index contributed by atoms with van der Waals surface area (Å²) in [5.74, 6) is -0.798. The summed E-state index contributed by atoms with van der Waals surface area (Å²) in [7, 11) is 0. The van der Waals surface area contributed by atoms with Crippen molar-refractivity contribution in [3.05, 3.63) is 69.7 Å². The Kier molecular flexibility index (Phi) is 4.11. The first kappa shape index (κ1) is 14.9. The molecule has 0 aliphatic carbocycles. The molecular weight excluding hydrogens is 282 g/mol. The highest BCUT2D eigenvalue weighted by Gasteiger charge is 2.25. The van der Waals surface area contributed by atoms with Crippen molar-refractivity contribution in [1.29, 1.82) is 0 Å². The minimum absolute atomic E-state index is 0.175. The smallest absolute Gasteiger partial charge is 0.126 e. The van der Waals surface area contributed by atoms with E-state index in [9.17, 15) is 13.9 Å². The number of rotatable bonds is 3. The molecule has 1 atom stereocenters. The van der Waals surface area contributed by atoms with Gasteiger partial charge in [-0.25, -0.2) is 8.78 Å². The summed E-state index contributed by atoms with van der Waals surface area (Å²) in [4.78, 5) is 0. The maximum Gasteiger partial charge on any atom is 0.126 e. The van der Waals surface area contributed by atoms with Gasteiger partial charge in [0.15, 0.2) is 0 Å². The quantitative estimate of drug-likeness (QED) is 0.891. The van der Waals surface area contributed by atoms with E-state index in [4.69, 9.17) is 11.6 Å². The normalized spacial score (nSPS) is 14.1. The molecule has 0 saturated carbocycles. The molecule has 0 amide bonds. The lowest BCUT2D eigenvalue weighted by molar-refractivity contribution is 0.0573. The van der Waals surface area contributed by atoms with Crippen LogP contribution in [0.15, 0.2) is 36.4 Å². The first-order valence-corrected chi connectivity index (χ1v) is 6.60. The molecule has 2 rings (SSSR count). The topological polar surface area (TPSA) is 20.2 Å². The number of hydrogen-bond donors (Lipinski definition) is 1. The van der Waals surface area contributed by atoms with Gasteiger partial charge in [-0.3, -0.25) is 0 Å². The predicted molar refractivity (Wildman–Crippen MR) is 75.8 cm³/mol. The van der Waals surface area contributed by atoms with Crippen LogP contribution in [0.3, 0.4) is 0 Å². The molecule has 0 bridgehead atoms.